The summed E-state index contributed by atoms with van der Waals surface area (Å²) < 4.78 is 13.0. The van der Waals surface area contributed by atoms with Gasteiger partial charge in [0, 0.05) is 13.6 Å². The zero-order valence-electron chi connectivity index (χ0n) is 10.4. The van der Waals surface area contributed by atoms with Crippen molar-refractivity contribution in [3.05, 3.63) is 35.6 Å². The summed E-state index contributed by atoms with van der Waals surface area (Å²) in [5.74, 6) is -0.331. The molecule has 1 aliphatic carbocycles. The van der Waals surface area contributed by atoms with Crippen molar-refractivity contribution < 1.29 is 9.18 Å². The lowest BCUT2D eigenvalue weighted by Gasteiger charge is -2.39. The van der Waals surface area contributed by atoms with Crippen LogP contribution in [0.4, 0.5) is 4.39 Å². The third kappa shape index (κ3) is 3.00. The van der Waals surface area contributed by atoms with Crippen molar-refractivity contribution in [1.29, 1.82) is 0 Å². The first kappa shape index (κ1) is 14.9. The molecule has 0 radical (unpaired) electrons. The Bertz CT molecular complexity index is 435. The van der Waals surface area contributed by atoms with E-state index in [1.165, 1.54) is 12.1 Å². The third-order valence-electron chi connectivity index (χ3n) is 3.33. The molecule has 100 valence electrons. The number of halogens is 2. The van der Waals surface area contributed by atoms with E-state index in [1.807, 2.05) is 0 Å². The first-order valence-electron chi connectivity index (χ1n) is 5.80. The van der Waals surface area contributed by atoms with E-state index in [2.05, 4.69) is 0 Å². The largest absolute Gasteiger partial charge is 0.340 e. The molecule has 0 atom stereocenters. The number of rotatable bonds is 3. The minimum Gasteiger partial charge on any atom is -0.340 e. The Kier molecular flexibility index (Phi) is 4.71. The number of nitrogens with zero attached hydrogens (tertiary/aromatic N) is 1. The summed E-state index contributed by atoms with van der Waals surface area (Å²) in [5.41, 5.74) is 6.07. The molecule has 1 fully saturated rings. The Morgan fingerprint density at radius 3 is 2.67 bits per heavy atom. The molecule has 3 nitrogen and oxygen atoms in total. The molecule has 0 saturated heterocycles. The minimum atomic E-state index is -0.678. The van der Waals surface area contributed by atoms with Crippen LogP contribution < -0.4 is 5.73 Å². The SMILES string of the molecule is CN(Cc1cccc(F)c1)C(=O)C1(N)CCC1.Cl. The van der Waals surface area contributed by atoms with Gasteiger partial charge in [-0.3, -0.25) is 4.79 Å². The number of likely N-dealkylation sites (N-methyl/N-ethyl adjacent to an activating group) is 1. The average molecular weight is 273 g/mol. The van der Waals surface area contributed by atoms with Crippen molar-refractivity contribution >= 4 is 18.3 Å². The van der Waals surface area contributed by atoms with Crippen molar-refractivity contribution in [3.8, 4) is 0 Å². The molecule has 1 aromatic rings. The number of hydrogen-bond acceptors (Lipinski definition) is 2. The standard InChI is InChI=1S/C13H17FN2O.ClH/c1-16(12(17)13(15)6-3-7-13)9-10-4-2-5-11(14)8-10;/h2,4-5,8H,3,6-7,9,15H2,1H3;1H. The molecule has 1 aromatic carbocycles. The molecule has 0 aromatic heterocycles. The Morgan fingerprint density at radius 2 is 2.17 bits per heavy atom. The van der Waals surface area contributed by atoms with E-state index in [1.54, 1.807) is 24.1 Å². The summed E-state index contributed by atoms with van der Waals surface area (Å²) in [6.07, 6.45) is 2.51. The van der Waals surface area contributed by atoms with Crippen LogP contribution in [-0.4, -0.2) is 23.4 Å². The van der Waals surface area contributed by atoms with Gasteiger partial charge in [-0.1, -0.05) is 12.1 Å². The number of benzene rings is 1. The molecule has 1 aliphatic rings. The first-order chi connectivity index (χ1) is 8.01. The maximum atomic E-state index is 13.0. The van der Waals surface area contributed by atoms with E-state index < -0.39 is 5.54 Å². The van der Waals surface area contributed by atoms with Crippen LogP contribution in [0.2, 0.25) is 0 Å². The fourth-order valence-electron chi connectivity index (χ4n) is 2.13. The molecule has 1 amide bonds. The van der Waals surface area contributed by atoms with Crippen molar-refractivity contribution in [1.82, 2.24) is 4.90 Å². The lowest BCUT2D eigenvalue weighted by atomic mass is 9.76. The van der Waals surface area contributed by atoms with Crippen LogP contribution in [0.25, 0.3) is 0 Å². The fourth-order valence-corrected chi connectivity index (χ4v) is 2.13. The average Bonchev–Trinajstić information content (AvgIpc) is 2.25. The molecule has 5 heteroatoms. The molecule has 0 bridgehead atoms. The predicted octanol–water partition coefficient (Wildman–Crippen LogP) is 2.09. The molecular weight excluding hydrogens is 255 g/mol. The smallest absolute Gasteiger partial charge is 0.242 e. The number of nitrogens with two attached hydrogens (primary N) is 1. The van der Waals surface area contributed by atoms with Crippen molar-refractivity contribution in [2.45, 2.75) is 31.3 Å². The zero-order chi connectivity index (χ0) is 12.5. The molecular formula is C13H18ClFN2O. The highest BCUT2D eigenvalue weighted by Crippen LogP contribution is 2.30. The summed E-state index contributed by atoms with van der Waals surface area (Å²) in [5, 5.41) is 0. The minimum absolute atomic E-state index is 0. The van der Waals surface area contributed by atoms with Crippen LogP contribution in [0.1, 0.15) is 24.8 Å². The molecule has 0 heterocycles. The normalized spacial score (nSPS) is 16.4. The van der Waals surface area contributed by atoms with E-state index >= 15 is 0 Å². The highest BCUT2D eigenvalue weighted by Gasteiger charge is 2.41. The van der Waals surface area contributed by atoms with Gasteiger partial charge in [0.1, 0.15) is 5.82 Å². The summed E-state index contributed by atoms with van der Waals surface area (Å²) in [7, 11) is 1.71. The van der Waals surface area contributed by atoms with Crippen LogP contribution in [0, 0.1) is 5.82 Å². The summed E-state index contributed by atoms with van der Waals surface area (Å²) in [6, 6.07) is 6.27. The second-order valence-electron chi connectivity index (χ2n) is 4.80. The fraction of sp³-hybridized carbons (Fsp3) is 0.462. The second-order valence-corrected chi connectivity index (χ2v) is 4.80. The molecule has 2 N–H and O–H groups in total. The van der Waals surface area contributed by atoms with Crippen molar-refractivity contribution in [2.24, 2.45) is 5.73 Å². The van der Waals surface area contributed by atoms with Crippen molar-refractivity contribution in [2.75, 3.05) is 7.05 Å². The van der Waals surface area contributed by atoms with Gasteiger partial charge in [-0.25, -0.2) is 4.39 Å². The quantitative estimate of drug-likeness (QED) is 0.916. The Hall–Kier alpha value is -1.13. The van der Waals surface area contributed by atoms with Gasteiger partial charge in [0.15, 0.2) is 0 Å². The number of carbonyl (C=O) groups excluding carboxylic acids is 1. The van der Waals surface area contributed by atoms with E-state index in [0.717, 1.165) is 24.8 Å². The van der Waals surface area contributed by atoms with Gasteiger partial charge >= 0.3 is 0 Å². The first-order valence-corrected chi connectivity index (χ1v) is 5.80. The second kappa shape index (κ2) is 5.67. The highest BCUT2D eigenvalue weighted by molar-refractivity contribution is 5.86. The maximum absolute atomic E-state index is 13.0. The van der Waals surface area contributed by atoms with Gasteiger partial charge in [-0.15, -0.1) is 12.4 Å². The van der Waals surface area contributed by atoms with Gasteiger partial charge in [0.2, 0.25) is 5.91 Å². The number of carbonyl (C=O) groups is 1. The number of hydrogen-bond donors (Lipinski definition) is 1. The summed E-state index contributed by atoms with van der Waals surface area (Å²) in [4.78, 5) is 13.6. The highest BCUT2D eigenvalue weighted by atomic mass is 35.5. The zero-order valence-corrected chi connectivity index (χ0v) is 11.2. The summed E-state index contributed by atoms with van der Waals surface area (Å²) in [6.45, 7) is 0.398. The van der Waals surface area contributed by atoms with E-state index in [-0.39, 0.29) is 24.1 Å². The van der Waals surface area contributed by atoms with E-state index in [0.29, 0.717) is 6.54 Å². The van der Waals surface area contributed by atoms with Gasteiger partial charge < -0.3 is 10.6 Å². The Labute approximate surface area is 113 Å². The van der Waals surface area contributed by atoms with Crippen LogP contribution >= 0.6 is 12.4 Å². The van der Waals surface area contributed by atoms with Crippen LogP contribution in [0.5, 0.6) is 0 Å². The van der Waals surface area contributed by atoms with Gasteiger partial charge in [0.05, 0.1) is 5.54 Å². The van der Waals surface area contributed by atoms with Crippen LogP contribution in [-0.2, 0) is 11.3 Å². The molecule has 18 heavy (non-hydrogen) atoms. The topological polar surface area (TPSA) is 46.3 Å². The molecule has 2 rings (SSSR count). The van der Waals surface area contributed by atoms with Gasteiger partial charge in [0.25, 0.3) is 0 Å². The molecule has 1 saturated carbocycles. The molecule has 0 unspecified atom stereocenters. The van der Waals surface area contributed by atoms with Crippen molar-refractivity contribution in [3.63, 3.8) is 0 Å². The number of amides is 1. The molecule has 0 aliphatic heterocycles. The van der Waals surface area contributed by atoms with Gasteiger partial charge in [-0.2, -0.15) is 0 Å². The lowest BCUT2D eigenvalue weighted by Crippen LogP contribution is -2.58. The van der Waals surface area contributed by atoms with Gasteiger partial charge in [-0.05, 0) is 37.0 Å². The predicted molar refractivity (Wildman–Crippen MR) is 70.9 cm³/mol. The van der Waals surface area contributed by atoms with Crippen LogP contribution in [0.15, 0.2) is 24.3 Å². The lowest BCUT2D eigenvalue weighted by molar-refractivity contribution is -0.139. The van der Waals surface area contributed by atoms with Crippen LogP contribution in [0.3, 0.4) is 0 Å². The molecule has 0 spiro atoms. The Morgan fingerprint density at radius 1 is 1.50 bits per heavy atom. The maximum Gasteiger partial charge on any atom is 0.242 e. The Balaban J connectivity index is 0.00000162. The summed E-state index contributed by atoms with van der Waals surface area (Å²) >= 11 is 0. The monoisotopic (exact) mass is 272 g/mol. The third-order valence-corrected chi connectivity index (χ3v) is 3.33. The van der Waals surface area contributed by atoms with E-state index in [4.69, 9.17) is 5.73 Å². The van der Waals surface area contributed by atoms with E-state index in [9.17, 15) is 9.18 Å².